The molecule has 1 atom stereocenters. The number of nitrogens with one attached hydrogen (secondary N) is 2. The molecule has 6 heteroatoms. The van der Waals surface area contributed by atoms with E-state index in [0.29, 0.717) is 0 Å². The summed E-state index contributed by atoms with van der Waals surface area (Å²) in [6.45, 7) is 1.88. The summed E-state index contributed by atoms with van der Waals surface area (Å²) in [5, 5.41) is 11.7. The number of ketones is 1. The fraction of sp³-hybridized carbons (Fsp3) is 0.154. The molecule has 0 bridgehead atoms. The number of fused-ring (bicyclic) bond motifs is 1. The smallest absolute Gasteiger partial charge is 0.178 e. The van der Waals surface area contributed by atoms with Gasteiger partial charge in [0.2, 0.25) is 0 Å². The first-order chi connectivity index (χ1) is 9.25. The van der Waals surface area contributed by atoms with Gasteiger partial charge in [-0.2, -0.15) is 10.3 Å². The maximum atomic E-state index is 12.4. The van der Waals surface area contributed by atoms with Crippen molar-refractivity contribution in [1.29, 1.82) is 0 Å². The van der Waals surface area contributed by atoms with E-state index in [1.54, 1.807) is 12.4 Å². The number of aromatic amines is 2. The van der Waals surface area contributed by atoms with Crippen molar-refractivity contribution in [2.24, 2.45) is 0 Å². The van der Waals surface area contributed by atoms with Crippen molar-refractivity contribution in [3.63, 3.8) is 0 Å². The van der Waals surface area contributed by atoms with Crippen LogP contribution in [0, 0.1) is 0 Å². The largest absolute Gasteiger partial charge is 0.360 e. The fourth-order valence-corrected chi connectivity index (χ4v) is 2.78. The molecular formula is C13H12N4OS. The number of rotatable bonds is 4. The van der Waals surface area contributed by atoms with Crippen LogP contribution < -0.4 is 0 Å². The highest BCUT2D eigenvalue weighted by Gasteiger charge is 2.20. The quantitative estimate of drug-likeness (QED) is 0.565. The van der Waals surface area contributed by atoms with E-state index in [1.807, 2.05) is 31.2 Å². The molecule has 0 saturated carbocycles. The Morgan fingerprint density at radius 3 is 3.00 bits per heavy atom. The minimum Gasteiger partial charge on any atom is -0.360 e. The molecule has 0 fully saturated rings. The van der Waals surface area contributed by atoms with E-state index in [0.717, 1.165) is 21.5 Å². The van der Waals surface area contributed by atoms with Crippen molar-refractivity contribution in [2.75, 3.05) is 0 Å². The van der Waals surface area contributed by atoms with Gasteiger partial charge in [-0.3, -0.25) is 4.79 Å². The lowest BCUT2D eigenvalue weighted by Crippen LogP contribution is -2.13. The van der Waals surface area contributed by atoms with Gasteiger partial charge in [0, 0.05) is 22.7 Å². The molecule has 0 saturated heterocycles. The molecule has 0 amide bonds. The van der Waals surface area contributed by atoms with Gasteiger partial charge in [0.1, 0.15) is 5.03 Å². The predicted molar refractivity (Wildman–Crippen MR) is 74.3 cm³/mol. The molecule has 2 aromatic heterocycles. The number of carbonyl (C=O) groups is 1. The summed E-state index contributed by atoms with van der Waals surface area (Å²) in [7, 11) is 0. The van der Waals surface area contributed by atoms with Crippen LogP contribution in [0.1, 0.15) is 17.3 Å². The van der Waals surface area contributed by atoms with Crippen molar-refractivity contribution in [3.8, 4) is 0 Å². The van der Waals surface area contributed by atoms with Crippen LogP contribution in [0.25, 0.3) is 10.9 Å². The Morgan fingerprint density at radius 1 is 1.37 bits per heavy atom. The average molecular weight is 272 g/mol. The maximum Gasteiger partial charge on any atom is 0.178 e. The highest BCUT2D eigenvalue weighted by Crippen LogP contribution is 2.26. The maximum absolute atomic E-state index is 12.4. The third kappa shape index (κ3) is 2.26. The molecule has 19 heavy (non-hydrogen) atoms. The SMILES string of the molecule is CC(Sc1cn[nH]n1)C(=O)c1c[nH]c2ccccc12. The van der Waals surface area contributed by atoms with Crippen molar-refractivity contribution >= 4 is 28.4 Å². The van der Waals surface area contributed by atoms with Crippen LogP contribution >= 0.6 is 11.8 Å². The normalized spacial score (nSPS) is 12.7. The van der Waals surface area contributed by atoms with E-state index >= 15 is 0 Å². The van der Waals surface area contributed by atoms with Gasteiger partial charge >= 0.3 is 0 Å². The lowest BCUT2D eigenvalue weighted by molar-refractivity contribution is 0.0995. The van der Waals surface area contributed by atoms with E-state index in [4.69, 9.17) is 0 Å². The van der Waals surface area contributed by atoms with Crippen molar-refractivity contribution in [1.82, 2.24) is 20.4 Å². The summed E-state index contributed by atoms with van der Waals surface area (Å²) < 4.78 is 0. The zero-order chi connectivity index (χ0) is 13.2. The Labute approximate surface area is 113 Å². The topological polar surface area (TPSA) is 74.4 Å². The summed E-state index contributed by atoms with van der Waals surface area (Å²) in [6, 6.07) is 7.79. The average Bonchev–Trinajstić information content (AvgIpc) is 3.06. The van der Waals surface area contributed by atoms with E-state index in [-0.39, 0.29) is 11.0 Å². The van der Waals surface area contributed by atoms with Gasteiger partial charge in [-0.1, -0.05) is 30.0 Å². The van der Waals surface area contributed by atoms with Gasteiger partial charge < -0.3 is 4.98 Å². The van der Waals surface area contributed by atoms with Crippen LogP contribution in [0.3, 0.4) is 0 Å². The number of Topliss-reactive ketones (excluding diaryl/α,β-unsaturated/α-hetero) is 1. The second-order valence-electron chi connectivity index (χ2n) is 4.18. The number of hydrogen-bond acceptors (Lipinski definition) is 4. The second-order valence-corrected chi connectivity index (χ2v) is 5.54. The first-order valence-corrected chi connectivity index (χ1v) is 6.76. The van der Waals surface area contributed by atoms with Crippen LogP contribution in [0.4, 0.5) is 0 Å². The fourth-order valence-electron chi connectivity index (χ4n) is 1.98. The Hall–Kier alpha value is -2.08. The molecule has 2 heterocycles. The van der Waals surface area contributed by atoms with Gasteiger partial charge in [0.25, 0.3) is 0 Å². The lowest BCUT2D eigenvalue weighted by atomic mass is 10.1. The molecule has 2 N–H and O–H groups in total. The van der Waals surface area contributed by atoms with Crippen LogP contribution in [-0.4, -0.2) is 31.4 Å². The van der Waals surface area contributed by atoms with Crippen molar-refractivity contribution < 1.29 is 4.79 Å². The first kappa shape index (κ1) is 12.0. The second kappa shape index (κ2) is 4.89. The molecule has 3 rings (SSSR count). The monoisotopic (exact) mass is 272 g/mol. The van der Waals surface area contributed by atoms with Crippen LogP contribution in [-0.2, 0) is 0 Å². The number of hydrogen-bond donors (Lipinski definition) is 2. The number of carbonyl (C=O) groups excluding carboxylic acids is 1. The van der Waals surface area contributed by atoms with E-state index in [1.165, 1.54) is 11.8 Å². The molecule has 0 aliphatic carbocycles. The van der Waals surface area contributed by atoms with E-state index < -0.39 is 0 Å². The first-order valence-electron chi connectivity index (χ1n) is 5.88. The molecule has 0 radical (unpaired) electrons. The van der Waals surface area contributed by atoms with Gasteiger partial charge in [0.15, 0.2) is 5.78 Å². The summed E-state index contributed by atoms with van der Waals surface area (Å²) in [5.74, 6) is 0.0884. The van der Waals surface area contributed by atoms with Crippen LogP contribution in [0.5, 0.6) is 0 Å². The highest BCUT2D eigenvalue weighted by molar-refractivity contribution is 8.00. The predicted octanol–water partition coefficient (Wildman–Crippen LogP) is 2.65. The number of benzene rings is 1. The number of thioether (sulfide) groups is 1. The van der Waals surface area contributed by atoms with E-state index in [2.05, 4.69) is 20.4 Å². The minimum absolute atomic E-state index is 0.0884. The van der Waals surface area contributed by atoms with Gasteiger partial charge in [0.05, 0.1) is 11.4 Å². The van der Waals surface area contributed by atoms with Crippen LogP contribution in [0.15, 0.2) is 41.7 Å². The standard InChI is InChI=1S/C13H12N4OS/c1-8(19-12-7-15-17-16-12)13(18)10-6-14-11-5-3-2-4-9(10)11/h2-8,14H,1H3,(H,15,16,17). The highest BCUT2D eigenvalue weighted by atomic mass is 32.2. The molecule has 1 unspecified atom stereocenters. The van der Waals surface area contributed by atoms with Crippen molar-refractivity contribution in [2.45, 2.75) is 17.2 Å². The van der Waals surface area contributed by atoms with Gasteiger partial charge in [-0.05, 0) is 13.0 Å². The Bertz CT molecular complexity index is 704. The number of H-pyrrole nitrogens is 2. The summed E-state index contributed by atoms with van der Waals surface area (Å²) >= 11 is 1.40. The summed E-state index contributed by atoms with van der Waals surface area (Å²) in [4.78, 5) is 15.6. The Morgan fingerprint density at radius 2 is 2.21 bits per heavy atom. The molecular weight excluding hydrogens is 260 g/mol. The third-order valence-electron chi connectivity index (χ3n) is 2.91. The lowest BCUT2D eigenvalue weighted by Gasteiger charge is -2.06. The summed E-state index contributed by atoms with van der Waals surface area (Å²) in [5.41, 5.74) is 1.70. The number of para-hydroxylation sites is 1. The zero-order valence-electron chi connectivity index (χ0n) is 10.3. The molecule has 0 aliphatic heterocycles. The molecule has 0 spiro atoms. The Kier molecular flexibility index (Phi) is 3.08. The van der Waals surface area contributed by atoms with Crippen molar-refractivity contribution in [3.05, 3.63) is 42.2 Å². The zero-order valence-corrected chi connectivity index (χ0v) is 11.1. The van der Waals surface area contributed by atoms with Gasteiger partial charge in [-0.25, -0.2) is 0 Å². The molecule has 96 valence electrons. The molecule has 3 aromatic rings. The number of aromatic nitrogens is 4. The number of nitrogens with zero attached hydrogens (tertiary/aromatic N) is 2. The Balaban J connectivity index is 1.87. The molecule has 1 aromatic carbocycles. The third-order valence-corrected chi connectivity index (χ3v) is 3.92. The summed E-state index contributed by atoms with van der Waals surface area (Å²) in [6.07, 6.45) is 3.39. The molecule has 0 aliphatic rings. The molecule has 5 nitrogen and oxygen atoms in total. The van der Waals surface area contributed by atoms with Gasteiger partial charge in [-0.15, -0.1) is 5.10 Å². The van der Waals surface area contributed by atoms with E-state index in [9.17, 15) is 4.79 Å². The minimum atomic E-state index is -0.204. The van der Waals surface area contributed by atoms with Crippen LogP contribution in [0.2, 0.25) is 0 Å².